The first kappa shape index (κ1) is 16.5. The Morgan fingerprint density at radius 1 is 1.26 bits per heavy atom. The molecule has 1 atom stereocenters. The zero-order valence-corrected chi connectivity index (χ0v) is 14.2. The van der Waals surface area contributed by atoms with E-state index in [9.17, 15) is 12.8 Å². The molecule has 0 spiro atoms. The quantitative estimate of drug-likeness (QED) is 0.843. The maximum atomic E-state index is 13.2. The maximum Gasteiger partial charge on any atom is 0.218 e. The van der Waals surface area contributed by atoms with Crippen LogP contribution in [0.3, 0.4) is 0 Å². The number of furan rings is 1. The standard InChI is InChI=1S/C16H18FNO3S2/c17-14-4-1-3-13(11-14)12-23(19,20)18-7-6-16(22-10-8-18)15-5-2-9-21-15/h1-5,9,11,16H,6-8,10,12H2. The third-order valence-electron chi connectivity index (χ3n) is 3.79. The van der Waals surface area contributed by atoms with Crippen molar-refractivity contribution in [3.05, 3.63) is 59.8 Å². The minimum absolute atomic E-state index is 0.166. The molecule has 1 aliphatic heterocycles. The van der Waals surface area contributed by atoms with E-state index in [2.05, 4.69) is 0 Å². The third kappa shape index (κ3) is 4.16. The maximum absolute atomic E-state index is 13.2. The first-order valence-corrected chi connectivity index (χ1v) is 10.1. The lowest BCUT2D eigenvalue weighted by molar-refractivity contribution is 0.416. The van der Waals surface area contributed by atoms with Crippen LogP contribution in [0.2, 0.25) is 0 Å². The van der Waals surface area contributed by atoms with Gasteiger partial charge in [-0.1, -0.05) is 12.1 Å². The zero-order valence-electron chi connectivity index (χ0n) is 12.5. The fourth-order valence-electron chi connectivity index (χ4n) is 2.66. The van der Waals surface area contributed by atoms with Crippen molar-refractivity contribution in [1.29, 1.82) is 0 Å². The lowest BCUT2D eigenvalue weighted by Crippen LogP contribution is -2.34. The van der Waals surface area contributed by atoms with E-state index in [-0.39, 0.29) is 11.0 Å². The highest BCUT2D eigenvalue weighted by atomic mass is 32.2. The average molecular weight is 355 g/mol. The van der Waals surface area contributed by atoms with E-state index in [0.29, 0.717) is 30.8 Å². The molecule has 0 saturated carbocycles. The highest BCUT2D eigenvalue weighted by molar-refractivity contribution is 7.99. The fraction of sp³-hybridized carbons (Fsp3) is 0.375. The summed E-state index contributed by atoms with van der Waals surface area (Å²) in [6.45, 7) is 0.926. The second-order valence-electron chi connectivity index (χ2n) is 5.45. The molecule has 1 aromatic heterocycles. The lowest BCUT2D eigenvalue weighted by Gasteiger charge is -2.19. The molecule has 1 aromatic carbocycles. The van der Waals surface area contributed by atoms with Gasteiger partial charge in [-0.15, -0.1) is 11.8 Å². The van der Waals surface area contributed by atoms with Gasteiger partial charge < -0.3 is 4.42 Å². The van der Waals surface area contributed by atoms with Gasteiger partial charge in [0.2, 0.25) is 10.0 Å². The Morgan fingerprint density at radius 3 is 2.87 bits per heavy atom. The van der Waals surface area contributed by atoms with Crippen LogP contribution < -0.4 is 0 Å². The Morgan fingerprint density at radius 2 is 2.13 bits per heavy atom. The number of sulfonamides is 1. The Hall–Kier alpha value is -1.31. The second-order valence-corrected chi connectivity index (χ2v) is 8.73. The van der Waals surface area contributed by atoms with Gasteiger partial charge in [0.15, 0.2) is 0 Å². The van der Waals surface area contributed by atoms with Crippen molar-refractivity contribution in [3.63, 3.8) is 0 Å². The molecule has 1 unspecified atom stereocenters. The summed E-state index contributed by atoms with van der Waals surface area (Å²) in [4.78, 5) is 0. The Balaban J connectivity index is 1.68. The van der Waals surface area contributed by atoms with Gasteiger partial charge in [-0.25, -0.2) is 17.1 Å². The van der Waals surface area contributed by atoms with Crippen LogP contribution in [0.25, 0.3) is 0 Å². The van der Waals surface area contributed by atoms with Crippen LogP contribution in [-0.2, 0) is 15.8 Å². The van der Waals surface area contributed by atoms with E-state index in [0.717, 1.165) is 5.76 Å². The van der Waals surface area contributed by atoms with Crippen molar-refractivity contribution >= 4 is 21.8 Å². The van der Waals surface area contributed by atoms with E-state index in [1.165, 1.54) is 22.5 Å². The molecule has 0 aliphatic carbocycles. The molecule has 23 heavy (non-hydrogen) atoms. The van der Waals surface area contributed by atoms with E-state index >= 15 is 0 Å². The third-order valence-corrected chi connectivity index (χ3v) is 6.93. The summed E-state index contributed by atoms with van der Waals surface area (Å²) in [5.41, 5.74) is 0.476. The Labute approximate surface area is 139 Å². The monoisotopic (exact) mass is 355 g/mol. The number of halogens is 1. The van der Waals surface area contributed by atoms with Crippen molar-refractivity contribution in [1.82, 2.24) is 4.31 Å². The summed E-state index contributed by atoms with van der Waals surface area (Å²) in [6, 6.07) is 9.53. The molecule has 0 bridgehead atoms. The molecule has 3 rings (SSSR count). The molecule has 0 N–H and O–H groups in total. The predicted molar refractivity (Wildman–Crippen MR) is 89.1 cm³/mol. The van der Waals surface area contributed by atoms with Crippen LogP contribution in [0.1, 0.15) is 23.0 Å². The summed E-state index contributed by atoms with van der Waals surface area (Å²) in [7, 11) is -3.45. The number of hydrogen-bond acceptors (Lipinski definition) is 4. The molecule has 0 amide bonds. The summed E-state index contributed by atoms with van der Waals surface area (Å²) in [6.07, 6.45) is 2.35. The largest absolute Gasteiger partial charge is 0.468 e. The van der Waals surface area contributed by atoms with Crippen molar-refractivity contribution < 1.29 is 17.2 Å². The highest BCUT2D eigenvalue weighted by Crippen LogP contribution is 2.35. The van der Waals surface area contributed by atoms with Gasteiger partial charge >= 0.3 is 0 Å². The van der Waals surface area contributed by atoms with E-state index in [1.54, 1.807) is 24.1 Å². The molecular formula is C16H18FNO3S2. The number of rotatable bonds is 4. The summed E-state index contributed by atoms with van der Waals surface area (Å²) in [5, 5.41) is 0.180. The van der Waals surface area contributed by atoms with Gasteiger partial charge in [0.25, 0.3) is 0 Å². The second kappa shape index (κ2) is 7.07. The minimum atomic E-state index is -3.45. The number of benzene rings is 1. The molecule has 1 fully saturated rings. The fourth-order valence-corrected chi connectivity index (χ4v) is 5.49. The molecule has 2 aromatic rings. The predicted octanol–water partition coefficient (Wildman–Crippen LogP) is 3.43. The summed E-state index contributed by atoms with van der Waals surface area (Å²) in [5.74, 6) is 1.02. The van der Waals surface area contributed by atoms with Crippen LogP contribution in [-0.4, -0.2) is 31.6 Å². The van der Waals surface area contributed by atoms with E-state index in [1.807, 2.05) is 12.1 Å². The summed E-state index contributed by atoms with van der Waals surface area (Å²) < 4.78 is 45.3. The Bertz CT molecular complexity index is 746. The van der Waals surface area contributed by atoms with Gasteiger partial charge in [-0.05, 0) is 36.2 Å². The topological polar surface area (TPSA) is 50.5 Å². The molecule has 2 heterocycles. The first-order valence-electron chi connectivity index (χ1n) is 7.42. The van der Waals surface area contributed by atoms with Gasteiger partial charge in [0.05, 0.1) is 17.3 Å². The molecule has 7 heteroatoms. The van der Waals surface area contributed by atoms with E-state index < -0.39 is 15.8 Å². The molecule has 1 aliphatic rings. The zero-order chi connectivity index (χ0) is 16.3. The van der Waals surface area contributed by atoms with Crippen LogP contribution in [0, 0.1) is 5.82 Å². The van der Waals surface area contributed by atoms with Gasteiger partial charge in [-0.2, -0.15) is 0 Å². The van der Waals surface area contributed by atoms with E-state index in [4.69, 9.17) is 4.42 Å². The van der Waals surface area contributed by atoms with Crippen LogP contribution in [0.15, 0.2) is 47.1 Å². The molecule has 0 radical (unpaired) electrons. The Kier molecular flexibility index (Phi) is 5.08. The first-order chi connectivity index (χ1) is 11.0. The normalized spacial score (nSPS) is 20.3. The van der Waals surface area contributed by atoms with Crippen LogP contribution in [0.5, 0.6) is 0 Å². The SMILES string of the molecule is O=S(=O)(Cc1cccc(F)c1)N1CCSC(c2ccco2)CC1. The molecule has 4 nitrogen and oxygen atoms in total. The van der Waals surface area contributed by atoms with Gasteiger partial charge in [0, 0.05) is 18.8 Å². The van der Waals surface area contributed by atoms with Crippen molar-refractivity contribution in [2.24, 2.45) is 0 Å². The lowest BCUT2D eigenvalue weighted by atomic mass is 10.2. The van der Waals surface area contributed by atoms with Crippen LogP contribution in [0.4, 0.5) is 4.39 Å². The molecule has 124 valence electrons. The van der Waals surface area contributed by atoms with Gasteiger partial charge in [-0.3, -0.25) is 0 Å². The van der Waals surface area contributed by atoms with Crippen molar-refractivity contribution in [2.75, 3.05) is 18.8 Å². The number of nitrogens with zero attached hydrogens (tertiary/aromatic N) is 1. The number of hydrogen-bond donors (Lipinski definition) is 0. The number of thioether (sulfide) groups is 1. The minimum Gasteiger partial charge on any atom is -0.468 e. The molecular weight excluding hydrogens is 337 g/mol. The molecule has 1 saturated heterocycles. The average Bonchev–Trinajstić information content (AvgIpc) is 2.90. The van der Waals surface area contributed by atoms with Crippen LogP contribution >= 0.6 is 11.8 Å². The van der Waals surface area contributed by atoms with Crippen molar-refractivity contribution in [2.45, 2.75) is 17.4 Å². The smallest absolute Gasteiger partial charge is 0.218 e. The summed E-state index contributed by atoms with van der Waals surface area (Å²) >= 11 is 1.71. The highest BCUT2D eigenvalue weighted by Gasteiger charge is 2.28. The van der Waals surface area contributed by atoms with Crippen molar-refractivity contribution in [3.8, 4) is 0 Å². The van der Waals surface area contributed by atoms with Gasteiger partial charge in [0.1, 0.15) is 11.6 Å².